The Balaban J connectivity index is 2.88. The van der Waals surface area contributed by atoms with Crippen LogP contribution in [0.4, 0.5) is 5.69 Å². The molecule has 0 unspecified atom stereocenters. The number of anilines is 1. The summed E-state index contributed by atoms with van der Waals surface area (Å²) in [5.41, 5.74) is -0.0137. The maximum Gasteiger partial charge on any atom is 0.256 e. The Morgan fingerprint density at radius 1 is 1.53 bits per heavy atom. The summed E-state index contributed by atoms with van der Waals surface area (Å²) in [7, 11) is 1.46. The summed E-state index contributed by atoms with van der Waals surface area (Å²) in [6, 6.07) is 6.65. The highest BCUT2D eigenvalue weighted by molar-refractivity contribution is 6.32. The normalized spacial score (nSPS) is 10.8. The smallest absolute Gasteiger partial charge is 0.256 e. The number of nitriles is 1. The second kappa shape index (κ2) is 5.17. The van der Waals surface area contributed by atoms with Gasteiger partial charge in [-0.15, -0.1) is 0 Å². The zero-order valence-electron chi connectivity index (χ0n) is 9.87. The summed E-state index contributed by atoms with van der Waals surface area (Å²) in [4.78, 5) is 11.8. The monoisotopic (exact) mass is 252 g/mol. The van der Waals surface area contributed by atoms with Crippen molar-refractivity contribution in [2.75, 3.05) is 12.4 Å². The number of nitrogens with one attached hydrogen (secondary N) is 1. The number of halogens is 1. The second-order valence-corrected chi connectivity index (χ2v) is 4.38. The first kappa shape index (κ1) is 13.5. The fourth-order valence-corrected chi connectivity index (χ4v) is 1.28. The molecule has 1 aromatic rings. The Morgan fingerprint density at radius 2 is 2.18 bits per heavy atom. The molecule has 0 saturated heterocycles. The summed E-state index contributed by atoms with van der Waals surface area (Å²) in [5.74, 6) is -0.277. The van der Waals surface area contributed by atoms with Gasteiger partial charge in [-0.1, -0.05) is 11.6 Å². The number of carbonyl (C=O) groups excluding carboxylic acids is 1. The summed E-state index contributed by atoms with van der Waals surface area (Å²) < 4.78 is 5.05. The minimum Gasteiger partial charge on any atom is -0.369 e. The number of amides is 1. The van der Waals surface area contributed by atoms with Gasteiger partial charge in [-0.3, -0.25) is 4.79 Å². The summed E-state index contributed by atoms with van der Waals surface area (Å²) in [5, 5.41) is 11.7. The number of nitrogens with zero attached hydrogens (tertiary/aromatic N) is 1. The molecule has 0 bridgehead atoms. The molecule has 0 aliphatic rings. The molecular formula is C12H13ClN2O2. The fraction of sp³-hybridized carbons (Fsp3) is 0.333. The highest BCUT2D eigenvalue weighted by Crippen LogP contribution is 2.21. The third-order valence-corrected chi connectivity index (χ3v) is 2.72. The predicted octanol–water partition coefficient (Wildman–Crippen LogP) is 2.58. The van der Waals surface area contributed by atoms with Crippen molar-refractivity contribution in [1.29, 1.82) is 5.26 Å². The third-order valence-electron chi connectivity index (χ3n) is 2.40. The van der Waals surface area contributed by atoms with E-state index in [0.717, 1.165) is 0 Å². The number of ether oxygens (including phenoxy) is 1. The van der Waals surface area contributed by atoms with Crippen LogP contribution in [0.3, 0.4) is 0 Å². The lowest BCUT2D eigenvalue weighted by atomic mass is 10.1. The van der Waals surface area contributed by atoms with Crippen molar-refractivity contribution in [2.45, 2.75) is 19.4 Å². The van der Waals surface area contributed by atoms with Gasteiger partial charge in [0, 0.05) is 12.8 Å². The van der Waals surface area contributed by atoms with E-state index in [-0.39, 0.29) is 5.91 Å². The molecule has 90 valence electrons. The van der Waals surface area contributed by atoms with Gasteiger partial charge in [0.05, 0.1) is 10.6 Å². The molecule has 1 aromatic carbocycles. The number of hydrogen-bond donors (Lipinski definition) is 1. The van der Waals surface area contributed by atoms with E-state index in [9.17, 15) is 4.79 Å². The van der Waals surface area contributed by atoms with Gasteiger partial charge in [-0.25, -0.2) is 0 Å². The molecule has 0 radical (unpaired) electrons. The Labute approximate surface area is 105 Å². The van der Waals surface area contributed by atoms with Gasteiger partial charge in [0.1, 0.15) is 11.7 Å². The van der Waals surface area contributed by atoms with E-state index >= 15 is 0 Å². The highest BCUT2D eigenvalue weighted by Gasteiger charge is 2.26. The van der Waals surface area contributed by atoms with Crippen LogP contribution in [0.25, 0.3) is 0 Å². The Kier molecular flexibility index (Phi) is 4.11. The molecule has 5 heteroatoms. The first-order chi connectivity index (χ1) is 7.90. The van der Waals surface area contributed by atoms with Crippen molar-refractivity contribution in [1.82, 2.24) is 0 Å². The molecule has 0 saturated carbocycles. The summed E-state index contributed by atoms with van der Waals surface area (Å²) >= 11 is 5.86. The number of hydrogen-bond acceptors (Lipinski definition) is 3. The first-order valence-corrected chi connectivity index (χ1v) is 5.35. The van der Waals surface area contributed by atoms with Gasteiger partial charge in [0.15, 0.2) is 0 Å². The van der Waals surface area contributed by atoms with Gasteiger partial charge >= 0.3 is 0 Å². The van der Waals surface area contributed by atoms with Crippen LogP contribution in [-0.4, -0.2) is 18.6 Å². The maximum absolute atomic E-state index is 11.8. The Morgan fingerprint density at radius 3 is 2.65 bits per heavy atom. The minimum absolute atomic E-state index is 0.277. The van der Waals surface area contributed by atoms with Crippen LogP contribution in [0.1, 0.15) is 19.4 Å². The number of methoxy groups -OCH3 is 1. The molecule has 1 amide bonds. The van der Waals surface area contributed by atoms with E-state index in [2.05, 4.69) is 5.32 Å². The molecule has 0 heterocycles. The third kappa shape index (κ3) is 3.19. The second-order valence-electron chi connectivity index (χ2n) is 3.97. The predicted molar refractivity (Wildman–Crippen MR) is 65.9 cm³/mol. The molecule has 0 spiro atoms. The van der Waals surface area contributed by atoms with E-state index < -0.39 is 5.60 Å². The van der Waals surface area contributed by atoms with Gasteiger partial charge in [0.25, 0.3) is 5.91 Å². The van der Waals surface area contributed by atoms with E-state index in [1.165, 1.54) is 13.2 Å². The van der Waals surface area contributed by atoms with Crippen molar-refractivity contribution < 1.29 is 9.53 Å². The van der Waals surface area contributed by atoms with Crippen molar-refractivity contribution in [2.24, 2.45) is 0 Å². The van der Waals surface area contributed by atoms with E-state index in [1.807, 2.05) is 6.07 Å². The largest absolute Gasteiger partial charge is 0.369 e. The SMILES string of the molecule is COC(C)(C)C(=O)Nc1ccc(C#N)c(Cl)c1. The molecule has 4 nitrogen and oxygen atoms in total. The lowest BCUT2D eigenvalue weighted by Crippen LogP contribution is -2.38. The Bertz CT molecular complexity index is 478. The lowest BCUT2D eigenvalue weighted by molar-refractivity contribution is -0.133. The minimum atomic E-state index is -0.916. The maximum atomic E-state index is 11.8. The topological polar surface area (TPSA) is 62.1 Å². The average Bonchev–Trinajstić information content (AvgIpc) is 2.29. The molecule has 0 fully saturated rings. The van der Waals surface area contributed by atoms with Crippen LogP contribution < -0.4 is 5.32 Å². The average molecular weight is 253 g/mol. The lowest BCUT2D eigenvalue weighted by Gasteiger charge is -2.21. The zero-order valence-corrected chi connectivity index (χ0v) is 10.6. The number of rotatable bonds is 3. The van der Waals surface area contributed by atoms with Crippen LogP contribution >= 0.6 is 11.6 Å². The molecular weight excluding hydrogens is 240 g/mol. The number of benzene rings is 1. The summed E-state index contributed by atoms with van der Waals surface area (Å²) in [6.45, 7) is 3.32. The fourth-order valence-electron chi connectivity index (χ4n) is 1.06. The van der Waals surface area contributed by atoms with E-state index in [0.29, 0.717) is 16.3 Å². The zero-order chi connectivity index (χ0) is 13.1. The van der Waals surface area contributed by atoms with Crippen molar-refractivity contribution >= 4 is 23.2 Å². The van der Waals surface area contributed by atoms with Crippen LogP contribution in [0.5, 0.6) is 0 Å². The van der Waals surface area contributed by atoms with E-state index in [1.54, 1.807) is 26.0 Å². The highest BCUT2D eigenvalue weighted by atomic mass is 35.5. The summed E-state index contributed by atoms with van der Waals surface area (Å²) in [6.07, 6.45) is 0. The molecule has 0 aliphatic carbocycles. The standard InChI is InChI=1S/C12H13ClN2O2/c1-12(2,17-3)11(16)15-9-5-4-8(7-14)10(13)6-9/h4-6H,1-3H3,(H,15,16). The van der Waals surface area contributed by atoms with Crippen molar-refractivity contribution in [3.63, 3.8) is 0 Å². The van der Waals surface area contributed by atoms with Crippen LogP contribution in [-0.2, 0) is 9.53 Å². The van der Waals surface area contributed by atoms with Crippen molar-refractivity contribution in [3.8, 4) is 6.07 Å². The first-order valence-electron chi connectivity index (χ1n) is 4.97. The molecule has 1 rings (SSSR count). The van der Waals surface area contributed by atoms with Crippen LogP contribution in [0.15, 0.2) is 18.2 Å². The molecule has 0 atom stereocenters. The van der Waals surface area contributed by atoms with E-state index in [4.69, 9.17) is 21.6 Å². The number of carbonyl (C=O) groups is 1. The molecule has 0 aliphatic heterocycles. The molecule has 17 heavy (non-hydrogen) atoms. The molecule has 1 N–H and O–H groups in total. The van der Waals surface area contributed by atoms with Gasteiger partial charge < -0.3 is 10.1 Å². The Hall–Kier alpha value is -1.57. The quantitative estimate of drug-likeness (QED) is 0.899. The van der Waals surface area contributed by atoms with Crippen molar-refractivity contribution in [3.05, 3.63) is 28.8 Å². The van der Waals surface area contributed by atoms with Crippen LogP contribution in [0.2, 0.25) is 5.02 Å². The van der Waals surface area contributed by atoms with Gasteiger partial charge in [-0.2, -0.15) is 5.26 Å². The van der Waals surface area contributed by atoms with Crippen LogP contribution in [0, 0.1) is 11.3 Å². The van der Waals surface area contributed by atoms with Gasteiger partial charge in [0.2, 0.25) is 0 Å². The molecule has 0 aromatic heterocycles. The van der Waals surface area contributed by atoms with Gasteiger partial charge in [-0.05, 0) is 32.0 Å².